The number of benzene rings is 2. The third-order valence-electron chi connectivity index (χ3n) is 5.76. The van der Waals surface area contributed by atoms with Gasteiger partial charge in [-0.15, -0.1) is 0 Å². The molecule has 1 aliphatic heterocycles. The molecule has 0 bridgehead atoms. The Morgan fingerprint density at radius 3 is 2.67 bits per heavy atom. The molecule has 1 aliphatic rings. The summed E-state index contributed by atoms with van der Waals surface area (Å²) in [4.78, 5) is 15.4. The van der Waals surface area contributed by atoms with Gasteiger partial charge in [-0.25, -0.2) is 0 Å². The molecule has 0 radical (unpaired) electrons. The molecule has 5 nitrogen and oxygen atoms in total. The fourth-order valence-electron chi connectivity index (χ4n) is 4.06. The van der Waals surface area contributed by atoms with Crippen LogP contribution < -0.4 is 14.8 Å². The molecule has 0 saturated carbocycles. The average Bonchev–Trinajstić information content (AvgIpc) is 2.78. The minimum Gasteiger partial charge on any atom is -0.493 e. The van der Waals surface area contributed by atoms with Crippen molar-refractivity contribution in [3.8, 4) is 11.5 Å². The Balaban J connectivity index is 1.64. The predicted octanol–water partition coefficient (Wildman–Crippen LogP) is 4.84. The van der Waals surface area contributed by atoms with E-state index in [9.17, 15) is 4.79 Å². The molecule has 1 amide bonds. The van der Waals surface area contributed by atoms with E-state index in [0.717, 1.165) is 55.0 Å². The minimum absolute atomic E-state index is 0.0181. The highest BCUT2D eigenvalue weighted by molar-refractivity contribution is 6.31. The molecule has 0 aromatic heterocycles. The minimum atomic E-state index is -0.0590. The predicted molar refractivity (Wildman–Crippen MR) is 120 cm³/mol. The molecule has 2 aromatic carbocycles. The second kappa shape index (κ2) is 10.7. The summed E-state index contributed by atoms with van der Waals surface area (Å²) in [6.07, 6.45) is 2.72. The Morgan fingerprint density at radius 2 is 1.97 bits per heavy atom. The molecule has 1 fully saturated rings. The third kappa shape index (κ3) is 5.46. The topological polar surface area (TPSA) is 50.8 Å². The van der Waals surface area contributed by atoms with Gasteiger partial charge in [0, 0.05) is 18.1 Å². The number of carbonyl (C=O) groups is 1. The molecule has 2 aromatic rings. The van der Waals surface area contributed by atoms with Crippen LogP contribution in [-0.2, 0) is 11.3 Å². The van der Waals surface area contributed by atoms with Crippen LogP contribution in [0.4, 0.5) is 0 Å². The van der Waals surface area contributed by atoms with Gasteiger partial charge in [-0.1, -0.05) is 42.8 Å². The van der Waals surface area contributed by atoms with E-state index in [0.29, 0.717) is 11.5 Å². The van der Waals surface area contributed by atoms with Crippen LogP contribution >= 0.6 is 11.6 Å². The first-order valence-electron chi connectivity index (χ1n) is 10.5. The van der Waals surface area contributed by atoms with Crippen molar-refractivity contribution < 1.29 is 14.3 Å². The number of rotatable bonds is 8. The highest BCUT2D eigenvalue weighted by Gasteiger charge is 2.27. The molecule has 0 unspecified atom stereocenters. The van der Waals surface area contributed by atoms with E-state index in [4.69, 9.17) is 21.1 Å². The lowest BCUT2D eigenvalue weighted by molar-refractivity contribution is -0.127. The van der Waals surface area contributed by atoms with Gasteiger partial charge in [0.05, 0.1) is 26.2 Å². The van der Waals surface area contributed by atoms with Crippen molar-refractivity contribution in [3.63, 3.8) is 0 Å². The second-order valence-corrected chi connectivity index (χ2v) is 8.16. The van der Waals surface area contributed by atoms with Crippen molar-refractivity contribution in [2.24, 2.45) is 5.92 Å². The fourth-order valence-corrected chi connectivity index (χ4v) is 4.26. The summed E-state index contributed by atoms with van der Waals surface area (Å²) in [5, 5.41) is 4.03. The molecule has 6 heteroatoms. The first-order valence-corrected chi connectivity index (χ1v) is 10.9. The molecule has 2 atom stereocenters. The average molecular weight is 431 g/mol. The largest absolute Gasteiger partial charge is 0.493 e. The van der Waals surface area contributed by atoms with Crippen LogP contribution in [0, 0.1) is 5.92 Å². The summed E-state index contributed by atoms with van der Waals surface area (Å²) in [6, 6.07) is 13.7. The number of hydrogen-bond donors (Lipinski definition) is 1. The normalized spacial score (nSPS) is 17.9. The van der Waals surface area contributed by atoms with E-state index in [2.05, 4.69) is 23.2 Å². The zero-order chi connectivity index (χ0) is 21.5. The van der Waals surface area contributed by atoms with Crippen LogP contribution in [0.1, 0.15) is 43.4 Å². The van der Waals surface area contributed by atoms with Crippen molar-refractivity contribution in [1.82, 2.24) is 10.2 Å². The molecule has 3 rings (SSSR count). The number of likely N-dealkylation sites (tertiary alicyclic amines) is 1. The van der Waals surface area contributed by atoms with E-state index in [-0.39, 0.29) is 17.9 Å². The summed E-state index contributed by atoms with van der Waals surface area (Å²) in [5.74, 6) is 1.45. The third-order valence-corrected chi connectivity index (χ3v) is 6.13. The van der Waals surface area contributed by atoms with Gasteiger partial charge in [0.2, 0.25) is 5.91 Å². The molecule has 1 heterocycles. The smallest absolute Gasteiger partial charge is 0.224 e. The number of carbonyl (C=O) groups excluding carboxylic acids is 1. The van der Waals surface area contributed by atoms with E-state index in [1.165, 1.54) is 0 Å². The van der Waals surface area contributed by atoms with Gasteiger partial charge < -0.3 is 14.8 Å². The molecular weight excluding hydrogens is 400 g/mol. The quantitative estimate of drug-likeness (QED) is 0.651. The van der Waals surface area contributed by atoms with Crippen LogP contribution in [0.3, 0.4) is 0 Å². The maximum atomic E-state index is 13.1. The lowest BCUT2D eigenvalue weighted by atomic mass is 9.95. The maximum absolute atomic E-state index is 13.1. The molecule has 1 N–H and O–H groups in total. The first kappa shape index (κ1) is 22.4. The zero-order valence-electron chi connectivity index (χ0n) is 18.0. The number of halogens is 1. The molecule has 162 valence electrons. The summed E-state index contributed by atoms with van der Waals surface area (Å²) in [5.41, 5.74) is 2.13. The molecular formula is C24H31ClN2O3. The van der Waals surface area contributed by atoms with Crippen LogP contribution in [0.15, 0.2) is 42.5 Å². The second-order valence-electron chi connectivity index (χ2n) is 7.75. The van der Waals surface area contributed by atoms with Crippen LogP contribution in [-0.4, -0.2) is 38.1 Å². The number of nitrogens with one attached hydrogen (secondary N) is 1. The van der Waals surface area contributed by atoms with Crippen LogP contribution in [0.2, 0.25) is 5.02 Å². The van der Waals surface area contributed by atoms with Crippen molar-refractivity contribution >= 4 is 17.5 Å². The van der Waals surface area contributed by atoms with E-state index in [1.54, 1.807) is 14.2 Å². The summed E-state index contributed by atoms with van der Waals surface area (Å²) >= 11 is 6.32. The SMILES string of the molecule is CC[C@H](NC(=O)[C@@H]1CCCN(Cc2ccccc2Cl)C1)c1ccc(OC)c(OC)c1. The summed E-state index contributed by atoms with van der Waals surface area (Å²) in [7, 11) is 3.24. The van der Waals surface area contributed by atoms with Gasteiger partial charge >= 0.3 is 0 Å². The van der Waals surface area contributed by atoms with Crippen LogP contribution in [0.25, 0.3) is 0 Å². The van der Waals surface area contributed by atoms with Gasteiger partial charge in [0.15, 0.2) is 11.5 Å². The Bertz CT molecular complexity index is 858. The lowest BCUT2D eigenvalue weighted by Gasteiger charge is -2.33. The maximum Gasteiger partial charge on any atom is 0.224 e. The van der Waals surface area contributed by atoms with E-state index >= 15 is 0 Å². The van der Waals surface area contributed by atoms with Crippen molar-refractivity contribution in [1.29, 1.82) is 0 Å². The lowest BCUT2D eigenvalue weighted by Crippen LogP contribution is -2.43. The van der Waals surface area contributed by atoms with Crippen molar-refractivity contribution in [3.05, 3.63) is 58.6 Å². The standard InChI is InChI=1S/C24H31ClN2O3/c1-4-21(17-11-12-22(29-2)23(14-17)30-3)26-24(28)19-9-7-13-27(16-19)15-18-8-5-6-10-20(18)25/h5-6,8,10-12,14,19,21H,4,7,9,13,15-16H2,1-3H3,(H,26,28)/t19-,21+/m1/s1. The number of ether oxygens (including phenoxy) is 2. The number of nitrogens with zero attached hydrogens (tertiary/aromatic N) is 1. The number of hydrogen-bond acceptors (Lipinski definition) is 4. The molecule has 30 heavy (non-hydrogen) atoms. The van der Waals surface area contributed by atoms with Crippen molar-refractivity contribution in [2.45, 2.75) is 38.8 Å². The summed E-state index contributed by atoms with van der Waals surface area (Å²) < 4.78 is 10.7. The van der Waals surface area contributed by atoms with Crippen LogP contribution in [0.5, 0.6) is 11.5 Å². The Kier molecular flexibility index (Phi) is 8.00. The fraction of sp³-hybridized carbons (Fsp3) is 0.458. The summed E-state index contributed by atoms with van der Waals surface area (Å²) in [6.45, 7) is 4.59. The molecule has 0 spiro atoms. The van der Waals surface area contributed by atoms with Gasteiger partial charge in [-0.2, -0.15) is 0 Å². The van der Waals surface area contributed by atoms with E-state index < -0.39 is 0 Å². The highest BCUT2D eigenvalue weighted by Crippen LogP contribution is 2.31. The molecule has 1 saturated heterocycles. The Labute approximate surface area is 184 Å². The van der Waals surface area contributed by atoms with Crippen molar-refractivity contribution in [2.75, 3.05) is 27.3 Å². The monoisotopic (exact) mass is 430 g/mol. The first-order chi connectivity index (χ1) is 14.5. The zero-order valence-corrected chi connectivity index (χ0v) is 18.7. The number of methoxy groups -OCH3 is 2. The van der Waals surface area contributed by atoms with E-state index in [1.807, 2.05) is 36.4 Å². The molecule has 0 aliphatic carbocycles. The van der Waals surface area contributed by atoms with Gasteiger partial charge in [-0.05, 0) is 55.1 Å². The Morgan fingerprint density at radius 1 is 1.20 bits per heavy atom. The number of piperidine rings is 1. The van der Waals surface area contributed by atoms with Gasteiger partial charge in [0.25, 0.3) is 0 Å². The Hall–Kier alpha value is -2.24. The van der Waals surface area contributed by atoms with Gasteiger partial charge in [0.1, 0.15) is 0 Å². The highest BCUT2D eigenvalue weighted by atomic mass is 35.5. The number of amides is 1. The van der Waals surface area contributed by atoms with Gasteiger partial charge in [-0.3, -0.25) is 9.69 Å².